The van der Waals surface area contributed by atoms with Gasteiger partial charge in [0.2, 0.25) is 0 Å². The quantitative estimate of drug-likeness (QED) is 0.772. The third-order valence-electron chi connectivity index (χ3n) is 2.53. The highest BCUT2D eigenvalue weighted by Gasteiger charge is 2.22. The minimum absolute atomic E-state index is 0.164. The Morgan fingerprint density at radius 2 is 2.21 bits per heavy atom. The highest BCUT2D eigenvalue weighted by atomic mass is 79.9. The van der Waals surface area contributed by atoms with Crippen LogP contribution in [-0.2, 0) is 13.6 Å². The molecule has 0 aliphatic carbocycles. The van der Waals surface area contributed by atoms with Crippen molar-refractivity contribution in [3.8, 4) is 0 Å². The normalized spacial score (nSPS) is 12.4. The molecule has 0 unspecified atom stereocenters. The third-order valence-corrected chi connectivity index (χ3v) is 3.90. The van der Waals surface area contributed by atoms with E-state index in [1.807, 2.05) is 17.9 Å². The molecule has 0 bridgehead atoms. The van der Waals surface area contributed by atoms with Gasteiger partial charge in [-0.15, -0.1) is 0 Å². The van der Waals surface area contributed by atoms with Gasteiger partial charge in [-0.05, 0) is 27.0 Å². The van der Waals surface area contributed by atoms with Gasteiger partial charge in [-0.2, -0.15) is 5.10 Å². The van der Waals surface area contributed by atoms with Gasteiger partial charge in [-0.1, -0.05) is 15.9 Å². The molecule has 0 amide bonds. The fraction of sp³-hybridized carbons (Fsp3) is 0.700. The summed E-state index contributed by atoms with van der Waals surface area (Å²) in [7, 11) is 4.06. The van der Waals surface area contributed by atoms with E-state index in [0.717, 1.165) is 17.6 Å². The van der Waals surface area contributed by atoms with E-state index in [2.05, 4.69) is 52.9 Å². The molecule has 1 aromatic rings. The smallest absolute Gasteiger partial charge is 0.0764 e. The second-order valence-corrected chi connectivity index (χ2v) is 4.84. The second kappa shape index (κ2) is 4.45. The lowest BCUT2D eigenvalue weighted by Gasteiger charge is -2.33. The minimum atomic E-state index is 0.164. The SMILES string of the molecule is CN(Cc1ccn(C)n1)C(C)(C)CBr. The van der Waals surface area contributed by atoms with Crippen LogP contribution in [0.1, 0.15) is 19.5 Å². The summed E-state index contributed by atoms with van der Waals surface area (Å²) in [5, 5.41) is 5.32. The van der Waals surface area contributed by atoms with Gasteiger partial charge in [0, 0.05) is 30.7 Å². The molecule has 1 heterocycles. The van der Waals surface area contributed by atoms with E-state index >= 15 is 0 Å². The maximum Gasteiger partial charge on any atom is 0.0764 e. The molecule has 14 heavy (non-hydrogen) atoms. The summed E-state index contributed by atoms with van der Waals surface area (Å²) in [5.41, 5.74) is 1.28. The lowest BCUT2D eigenvalue weighted by Crippen LogP contribution is -2.42. The molecule has 80 valence electrons. The van der Waals surface area contributed by atoms with Gasteiger partial charge in [0.25, 0.3) is 0 Å². The topological polar surface area (TPSA) is 21.1 Å². The van der Waals surface area contributed by atoms with Crippen molar-refractivity contribution >= 4 is 15.9 Å². The maximum absolute atomic E-state index is 4.36. The summed E-state index contributed by atoms with van der Waals surface area (Å²) >= 11 is 3.52. The first-order valence-electron chi connectivity index (χ1n) is 4.71. The zero-order valence-corrected chi connectivity index (χ0v) is 10.9. The summed E-state index contributed by atoms with van der Waals surface area (Å²) in [5.74, 6) is 0. The van der Waals surface area contributed by atoms with Crippen LogP contribution in [-0.4, -0.2) is 32.6 Å². The minimum Gasteiger partial charge on any atom is -0.295 e. The lowest BCUT2D eigenvalue weighted by molar-refractivity contribution is 0.171. The number of aryl methyl sites for hydroxylation is 1. The highest BCUT2D eigenvalue weighted by Crippen LogP contribution is 2.17. The van der Waals surface area contributed by atoms with Crippen LogP contribution in [0, 0.1) is 0 Å². The predicted octanol–water partition coefficient (Wildman–Crippen LogP) is 2.03. The molecule has 0 radical (unpaired) electrons. The molecule has 0 aromatic carbocycles. The van der Waals surface area contributed by atoms with E-state index in [0.29, 0.717) is 0 Å². The van der Waals surface area contributed by atoms with Gasteiger partial charge >= 0.3 is 0 Å². The van der Waals surface area contributed by atoms with Gasteiger partial charge in [0.15, 0.2) is 0 Å². The van der Waals surface area contributed by atoms with Gasteiger partial charge < -0.3 is 0 Å². The number of hydrogen-bond donors (Lipinski definition) is 0. The lowest BCUT2D eigenvalue weighted by atomic mass is 10.1. The Labute approximate surface area is 94.2 Å². The van der Waals surface area contributed by atoms with E-state index in [4.69, 9.17) is 0 Å². The van der Waals surface area contributed by atoms with Crippen LogP contribution >= 0.6 is 15.9 Å². The number of hydrogen-bond acceptors (Lipinski definition) is 2. The second-order valence-electron chi connectivity index (χ2n) is 4.28. The van der Waals surface area contributed by atoms with Crippen LogP contribution in [0.25, 0.3) is 0 Å². The van der Waals surface area contributed by atoms with Gasteiger partial charge in [0.05, 0.1) is 5.69 Å². The van der Waals surface area contributed by atoms with E-state index in [-0.39, 0.29) is 5.54 Å². The summed E-state index contributed by atoms with van der Waals surface area (Å²) in [6.45, 7) is 5.31. The maximum atomic E-state index is 4.36. The van der Waals surface area contributed by atoms with Crippen LogP contribution in [0.2, 0.25) is 0 Å². The van der Waals surface area contributed by atoms with Crippen LogP contribution in [0.3, 0.4) is 0 Å². The zero-order valence-electron chi connectivity index (χ0n) is 9.29. The Morgan fingerprint density at radius 3 is 2.64 bits per heavy atom. The first-order valence-corrected chi connectivity index (χ1v) is 5.83. The molecule has 0 aliphatic heterocycles. The monoisotopic (exact) mass is 259 g/mol. The molecular weight excluding hydrogens is 242 g/mol. The average Bonchev–Trinajstić information content (AvgIpc) is 2.51. The van der Waals surface area contributed by atoms with E-state index < -0.39 is 0 Å². The van der Waals surface area contributed by atoms with Gasteiger partial charge in [0.1, 0.15) is 0 Å². The molecule has 4 heteroatoms. The molecule has 1 rings (SSSR count). The highest BCUT2D eigenvalue weighted by molar-refractivity contribution is 9.09. The molecule has 0 saturated carbocycles. The zero-order chi connectivity index (χ0) is 10.8. The number of halogens is 1. The fourth-order valence-electron chi connectivity index (χ4n) is 1.11. The van der Waals surface area contributed by atoms with Crippen LogP contribution in [0.15, 0.2) is 12.3 Å². The van der Waals surface area contributed by atoms with Gasteiger partial charge in [-0.3, -0.25) is 9.58 Å². The molecule has 0 N–H and O–H groups in total. The van der Waals surface area contributed by atoms with Crippen LogP contribution < -0.4 is 0 Å². The van der Waals surface area contributed by atoms with E-state index in [9.17, 15) is 0 Å². The molecule has 0 saturated heterocycles. The van der Waals surface area contributed by atoms with Crippen molar-refractivity contribution in [3.63, 3.8) is 0 Å². The number of aromatic nitrogens is 2. The summed E-state index contributed by atoms with van der Waals surface area (Å²) in [6, 6.07) is 2.06. The summed E-state index contributed by atoms with van der Waals surface area (Å²) < 4.78 is 1.84. The Kier molecular flexibility index (Phi) is 3.72. The molecular formula is C10H18BrN3. The molecule has 1 aromatic heterocycles. The molecule has 0 fully saturated rings. The average molecular weight is 260 g/mol. The van der Waals surface area contributed by atoms with Crippen molar-refractivity contribution in [2.75, 3.05) is 12.4 Å². The van der Waals surface area contributed by atoms with Crippen molar-refractivity contribution in [1.82, 2.24) is 14.7 Å². The molecule has 0 spiro atoms. The number of nitrogens with zero attached hydrogens (tertiary/aromatic N) is 3. The Balaban J connectivity index is 2.61. The Morgan fingerprint density at radius 1 is 1.57 bits per heavy atom. The number of alkyl halides is 1. The van der Waals surface area contributed by atoms with Crippen molar-refractivity contribution in [2.24, 2.45) is 7.05 Å². The van der Waals surface area contributed by atoms with Gasteiger partial charge in [-0.25, -0.2) is 0 Å². The van der Waals surface area contributed by atoms with Crippen LogP contribution in [0.4, 0.5) is 0 Å². The Hall–Kier alpha value is -0.350. The first kappa shape index (κ1) is 11.7. The molecule has 0 aliphatic rings. The largest absolute Gasteiger partial charge is 0.295 e. The van der Waals surface area contributed by atoms with E-state index in [1.54, 1.807) is 0 Å². The van der Waals surface area contributed by atoms with Crippen LogP contribution in [0.5, 0.6) is 0 Å². The fourth-order valence-corrected chi connectivity index (χ4v) is 1.53. The first-order chi connectivity index (χ1) is 6.45. The van der Waals surface area contributed by atoms with Crippen molar-refractivity contribution in [3.05, 3.63) is 18.0 Å². The van der Waals surface area contributed by atoms with Crippen molar-refractivity contribution in [1.29, 1.82) is 0 Å². The van der Waals surface area contributed by atoms with Crippen molar-refractivity contribution < 1.29 is 0 Å². The molecule has 3 nitrogen and oxygen atoms in total. The number of rotatable bonds is 4. The standard InChI is InChI=1S/C10H18BrN3/c1-10(2,8-11)13(3)7-9-5-6-14(4)12-9/h5-6H,7-8H2,1-4H3. The Bertz CT molecular complexity index is 293. The third kappa shape index (κ3) is 2.82. The molecule has 0 atom stereocenters. The predicted molar refractivity (Wildman–Crippen MR) is 62.5 cm³/mol. The van der Waals surface area contributed by atoms with E-state index in [1.165, 1.54) is 0 Å². The summed E-state index contributed by atoms with van der Waals surface area (Å²) in [6.07, 6.45) is 1.98. The van der Waals surface area contributed by atoms with Crippen molar-refractivity contribution in [2.45, 2.75) is 25.9 Å². The summed E-state index contributed by atoms with van der Waals surface area (Å²) in [4.78, 5) is 2.30.